The Morgan fingerprint density at radius 2 is 2.14 bits per heavy atom. The van der Waals surface area contributed by atoms with Gasteiger partial charge in [-0.1, -0.05) is 0 Å². The van der Waals surface area contributed by atoms with Crippen LogP contribution in [0.25, 0.3) is 0 Å². The number of rotatable bonds is 0. The Morgan fingerprint density at radius 3 is 2.14 bits per heavy atom. The number of nitrogens with zero attached hydrogens (tertiary/aromatic N) is 1. The molecule has 38 valence electrons. The Morgan fingerprint density at radius 1 is 1.57 bits per heavy atom. The molecule has 1 amide bonds. The summed E-state index contributed by atoms with van der Waals surface area (Å²) in [5, 5.41) is 0. The third kappa shape index (κ3) is 0.734. The fraction of sp³-hybridized carbons (Fsp3) is 0.600. The maximum Gasteiger partial charge on any atom is 0.227 e. The minimum Gasteiger partial charge on any atom is -0.342 e. The van der Waals surface area contributed by atoms with Crippen molar-refractivity contribution in [2.24, 2.45) is 0 Å². The summed E-state index contributed by atoms with van der Waals surface area (Å²) in [6.07, 6.45) is 1.11. The molecule has 2 heteroatoms. The van der Waals surface area contributed by atoms with Gasteiger partial charge in [0.05, 0.1) is 6.92 Å². The van der Waals surface area contributed by atoms with Crippen LogP contribution in [0.2, 0.25) is 0 Å². The van der Waals surface area contributed by atoms with E-state index in [1.807, 2.05) is 0 Å². The van der Waals surface area contributed by atoms with Crippen molar-refractivity contribution < 1.29 is 4.79 Å². The zero-order valence-electron chi connectivity index (χ0n) is 4.05. The molecule has 0 bridgehead atoms. The van der Waals surface area contributed by atoms with Crippen LogP contribution < -0.4 is 0 Å². The second kappa shape index (κ2) is 1.52. The molecule has 7 heavy (non-hydrogen) atoms. The molecule has 2 nitrogen and oxygen atoms in total. The number of hydrogen-bond donors (Lipinski definition) is 0. The van der Waals surface area contributed by atoms with Crippen LogP contribution in [0, 0.1) is 6.92 Å². The van der Waals surface area contributed by atoms with Gasteiger partial charge in [0.15, 0.2) is 0 Å². The van der Waals surface area contributed by atoms with E-state index in [2.05, 4.69) is 0 Å². The number of carbonyl (C=O) groups is 1. The summed E-state index contributed by atoms with van der Waals surface area (Å²) < 4.78 is 0. The van der Waals surface area contributed by atoms with Crippen molar-refractivity contribution in [1.29, 1.82) is 0 Å². The summed E-state index contributed by atoms with van der Waals surface area (Å²) in [6, 6.07) is 0. The van der Waals surface area contributed by atoms with Crippen LogP contribution in [0.15, 0.2) is 0 Å². The number of amides is 1. The lowest BCUT2D eigenvalue weighted by Gasteiger charge is -2.29. The van der Waals surface area contributed by atoms with Crippen molar-refractivity contribution in [2.45, 2.75) is 6.42 Å². The molecule has 1 aliphatic rings. The molecule has 0 N–H and O–H groups in total. The monoisotopic (exact) mass is 97.1 g/mol. The smallest absolute Gasteiger partial charge is 0.227 e. The van der Waals surface area contributed by atoms with Gasteiger partial charge in [0.25, 0.3) is 0 Å². The lowest BCUT2D eigenvalue weighted by atomic mass is 10.2. The molecule has 0 aliphatic carbocycles. The van der Waals surface area contributed by atoms with Gasteiger partial charge in [0.1, 0.15) is 0 Å². The number of hydrogen-bond acceptors (Lipinski definition) is 1. The van der Waals surface area contributed by atoms with E-state index in [-0.39, 0.29) is 5.91 Å². The number of likely N-dealkylation sites (tertiary alicyclic amines) is 1. The fourth-order valence-electron chi connectivity index (χ4n) is 0.537. The predicted octanol–water partition coefficient (Wildman–Crippen LogP) is -0.0702. The van der Waals surface area contributed by atoms with Crippen molar-refractivity contribution in [3.8, 4) is 0 Å². The molecule has 0 aromatic heterocycles. The minimum atomic E-state index is -0.286. The van der Waals surface area contributed by atoms with E-state index in [0.717, 1.165) is 19.5 Å². The van der Waals surface area contributed by atoms with Crippen molar-refractivity contribution in [1.82, 2.24) is 4.90 Å². The Bertz CT molecular complexity index is 86.1. The van der Waals surface area contributed by atoms with Crippen molar-refractivity contribution >= 4 is 5.91 Å². The third-order valence-electron chi connectivity index (χ3n) is 1.17. The molecule has 1 saturated heterocycles. The molecule has 2 radical (unpaired) electrons. The fourth-order valence-corrected chi connectivity index (χ4v) is 0.537. The van der Waals surface area contributed by atoms with Crippen LogP contribution in [0.3, 0.4) is 0 Å². The normalized spacial score (nSPS) is 18.7. The molecule has 1 heterocycles. The molecular weight excluding hydrogens is 90.1 g/mol. The van der Waals surface area contributed by atoms with Crippen LogP contribution in [-0.2, 0) is 4.79 Å². The maximum absolute atomic E-state index is 10.1. The highest BCUT2D eigenvalue weighted by atomic mass is 16.2. The van der Waals surface area contributed by atoms with Gasteiger partial charge in [-0.2, -0.15) is 0 Å². The molecule has 0 atom stereocenters. The first-order chi connectivity index (χ1) is 3.30. The van der Waals surface area contributed by atoms with E-state index >= 15 is 0 Å². The Balaban J connectivity index is 2.27. The molecule has 1 rings (SSSR count). The first-order valence-corrected chi connectivity index (χ1v) is 2.35. The van der Waals surface area contributed by atoms with Gasteiger partial charge in [-0.15, -0.1) is 0 Å². The second-order valence-corrected chi connectivity index (χ2v) is 1.68. The highest BCUT2D eigenvalue weighted by molar-refractivity contribution is 5.80. The summed E-state index contributed by atoms with van der Waals surface area (Å²) in [4.78, 5) is 11.7. The van der Waals surface area contributed by atoms with E-state index in [0.29, 0.717) is 0 Å². The number of carbonyl (C=O) groups excluding carboxylic acids is 1. The van der Waals surface area contributed by atoms with Crippen molar-refractivity contribution in [2.75, 3.05) is 13.1 Å². The van der Waals surface area contributed by atoms with Crippen molar-refractivity contribution in [3.05, 3.63) is 6.92 Å². The molecule has 0 aromatic carbocycles. The van der Waals surface area contributed by atoms with Gasteiger partial charge >= 0.3 is 0 Å². The van der Waals surface area contributed by atoms with Gasteiger partial charge in [0.2, 0.25) is 5.91 Å². The minimum absolute atomic E-state index is 0.286. The Kier molecular flexibility index (Phi) is 1.01. The Labute approximate surface area is 43.1 Å². The summed E-state index contributed by atoms with van der Waals surface area (Å²) >= 11 is 0. The maximum atomic E-state index is 10.1. The average molecular weight is 97.1 g/mol. The summed E-state index contributed by atoms with van der Waals surface area (Å²) in [7, 11) is 0. The van der Waals surface area contributed by atoms with Gasteiger partial charge in [0, 0.05) is 13.1 Å². The van der Waals surface area contributed by atoms with Crippen LogP contribution in [0.5, 0.6) is 0 Å². The van der Waals surface area contributed by atoms with Crippen LogP contribution in [-0.4, -0.2) is 23.9 Å². The molecule has 0 unspecified atom stereocenters. The highest BCUT2D eigenvalue weighted by Gasteiger charge is 2.15. The summed E-state index contributed by atoms with van der Waals surface area (Å²) in [6.45, 7) is 6.60. The van der Waals surface area contributed by atoms with E-state index in [1.54, 1.807) is 4.90 Å². The molecular formula is C5H7NO. The van der Waals surface area contributed by atoms with E-state index in [4.69, 9.17) is 6.92 Å². The topological polar surface area (TPSA) is 20.3 Å². The Hall–Kier alpha value is -0.530. The predicted molar refractivity (Wildman–Crippen MR) is 25.5 cm³/mol. The third-order valence-corrected chi connectivity index (χ3v) is 1.17. The zero-order chi connectivity index (χ0) is 5.28. The molecule has 1 fully saturated rings. The molecule has 0 aromatic rings. The van der Waals surface area contributed by atoms with E-state index < -0.39 is 0 Å². The zero-order valence-corrected chi connectivity index (χ0v) is 4.05. The molecule has 0 spiro atoms. The van der Waals surface area contributed by atoms with Gasteiger partial charge in [-0.25, -0.2) is 0 Å². The highest BCUT2D eigenvalue weighted by Crippen LogP contribution is 2.03. The van der Waals surface area contributed by atoms with E-state index in [1.165, 1.54) is 0 Å². The summed E-state index contributed by atoms with van der Waals surface area (Å²) in [5.74, 6) is -0.286. The SMILES string of the molecule is [CH]C(=O)N1CCC1. The average Bonchev–Trinajstić information content (AvgIpc) is 1.23. The van der Waals surface area contributed by atoms with Gasteiger partial charge in [-0.3, -0.25) is 4.79 Å². The van der Waals surface area contributed by atoms with Gasteiger partial charge < -0.3 is 4.90 Å². The van der Waals surface area contributed by atoms with Crippen LogP contribution in [0.4, 0.5) is 0 Å². The largest absolute Gasteiger partial charge is 0.342 e. The quantitative estimate of drug-likeness (QED) is 0.414. The van der Waals surface area contributed by atoms with Crippen molar-refractivity contribution in [3.63, 3.8) is 0 Å². The first kappa shape index (κ1) is 4.62. The lowest BCUT2D eigenvalue weighted by Crippen LogP contribution is -2.40. The van der Waals surface area contributed by atoms with Crippen LogP contribution >= 0.6 is 0 Å². The van der Waals surface area contributed by atoms with E-state index in [9.17, 15) is 4.79 Å². The second-order valence-electron chi connectivity index (χ2n) is 1.68. The molecule has 1 aliphatic heterocycles. The van der Waals surface area contributed by atoms with Crippen LogP contribution in [0.1, 0.15) is 6.42 Å². The molecule has 0 saturated carbocycles. The summed E-state index contributed by atoms with van der Waals surface area (Å²) in [5.41, 5.74) is 0. The first-order valence-electron chi connectivity index (χ1n) is 2.35. The standard InChI is InChI=1S/C5H7NO/c1-5(7)6-3-2-4-6/h1H,2-4H2. The van der Waals surface area contributed by atoms with Gasteiger partial charge in [-0.05, 0) is 6.42 Å². The lowest BCUT2D eigenvalue weighted by molar-refractivity contribution is -0.129.